The standard InChI is InChI=1S/C16H25ClN2/c1-3-16(2)7-10-19(11-8-16)12-9-18-15-6-4-5-14(17)13-15/h4-6,13,18H,3,7-12H2,1-2H3. The first kappa shape index (κ1) is 14.7. The van der Waals surface area contributed by atoms with Crippen LogP contribution in [0.15, 0.2) is 24.3 Å². The zero-order valence-corrected chi connectivity index (χ0v) is 12.8. The Hall–Kier alpha value is -0.730. The van der Waals surface area contributed by atoms with E-state index in [2.05, 4.69) is 30.1 Å². The van der Waals surface area contributed by atoms with Gasteiger partial charge >= 0.3 is 0 Å². The maximum atomic E-state index is 5.97. The lowest BCUT2D eigenvalue weighted by Gasteiger charge is -2.39. The van der Waals surface area contributed by atoms with Gasteiger partial charge in [0.2, 0.25) is 0 Å². The second-order valence-electron chi connectivity index (χ2n) is 5.94. The van der Waals surface area contributed by atoms with Crippen LogP contribution in [0.2, 0.25) is 5.02 Å². The van der Waals surface area contributed by atoms with E-state index in [1.807, 2.05) is 18.2 Å². The van der Waals surface area contributed by atoms with Crippen LogP contribution in [0.4, 0.5) is 5.69 Å². The monoisotopic (exact) mass is 280 g/mol. The second-order valence-corrected chi connectivity index (χ2v) is 6.38. The highest BCUT2D eigenvalue weighted by Crippen LogP contribution is 2.33. The molecule has 0 aliphatic carbocycles. The number of benzene rings is 1. The Morgan fingerprint density at radius 3 is 2.68 bits per heavy atom. The Bertz CT molecular complexity index is 397. The summed E-state index contributed by atoms with van der Waals surface area (Å²) in [4.78, 5) is 2.56. The van der Waals surface area contributed by atoms with Gasteiger partial charge in [-0.05, 0) is 49.5 Å². The van der Waals surface area contributed by atoms with E-state index in [1.54, 1.807) is 0 Å². The molecule has 1 aromatic rings. The van der Waals surface area contributed by atoms with Gasteiger partial charge in [-0.2, -0.15) is 0 Å². The maximum Gasteiger partial charge on any atom is 0.0426 e. The molecule has 3 heteroatoms. The number of piperidine rings is 1. The van der Waals surface area contributed by atoms with Crippen molar-refractivity contribution in [2.24, 2.45) is 5.41 Å². The minimum Gasteiger partial charge on any atom is -0.384 e. The van der Waals surface area contributed by atoms with Gasteiger partial charge in [0.1, 0.15) is 0 Å². The van der Waals surface area contributed by atoms with Gasteiger partial charge in [-0.15, -0.1) is 0 Å². The molecule has 1 fully saturated rings. The summed E-state index contributed by atoms with van der Waals surface area (Å²) in [5, 5.41) is 4.23. The predicted octanol–water partition coefficient (Wildman–Crippen LogP) is 4.26. The SMILES string of the molecule is CCC1(C)CCN(CCNc2cccc(Cl)c2)CC1. The highest BCUT2D eigenvalue weighted by atomic mass is 35.5. The molecule has 106 valence electrons. The molecule has 2 rings (SSSR count). The van der Waals surface area contributed by atoms with E-state index in [0.717, 1.165) is 23.8 Å². The lowest BCUT2D eigenvalue weighted by Crippen LogP contribution is -2.40. The number of hydrogen-bond donors (Lipinski definition) is 1. The van der Waals surface area contributed by atoms with Crippen LogP contribution < -0.4 is 5.32 Å². The van der Waals surface area contributed by atoms with Crippen molar-refractivity contribution in [2.75, 3.05) is 31.5 Å². The number of nitrogens with one attached hydrogen (secondary N) is 1. The van der Waals surface area contributed by atoms with Gasteiger partial charge in [-0.3, -0.25) is 0 Å². The van der Waals surface area contributed by atoms with Crippen molar-refractivity contribution < 1.29 is 0 Å². The van der Waals surface area contributed by atoms with Crippen LogP contribution in [-0.2, 0) is 0 Å². The van der Waals surface area contributed by atoms with Gasteiger partial charge in [-0.1, -0.05) is 37.9 Å². The van der Waals surface area contributed by atoms with Gasteiger partial charge in [0, 0.05) is 23.8 Å². The van der Waals surface area contributed by atoms with Crippen LogP contribution in [0, 0.1) is 5.41 Å². The molecule has 1 saturated heterocycles. The lowest BCUT2D eigenvalue weighted by atomic mass is 9.78. The fourth-order valence-electron chi connectivity index (χ4n) is 2.63. The first-order valence-electron chi connectivity index (χ1n) is 7.33. The van der Waals surface area contributed by atoms with Crippen LogP contribution in [0.5, 0.6) is 0 Å². The summed E-state index contributed by atoms with van der Waals surface area (Å²) < 4.78 is 0. The Balaban J connectivity index is 1.70. The number of hydrogen-bond acceptors (Lipinski definition) is 2. The van der Waals surface area contributed by atoms with Crippen molar-refractivity contribution >= 4 is 17.3 Å². The van der Waals surface area contributed by atoms with Crippen molar-refractivity contribution in [1.82, 2.24) is 4.90 Å². The van der Waals surface area contributed by atoms with Crippen LogP contribution in [0.1, 0.15) is 33.1 Å². The van der Waals surface area contributed by atoms with Crippen molar-refractivity contribution in [1.29, 1.82) is 0 Å². The first-order chi connectivity index (χ1) is 9.11. The third-order valence-electron chi connectivity index (χ3n) is 4.50. The van der Waals surface area contributed by atoms with E-state index in [1.165, 1.54) is 32.4 Å². The van der Waals surface area contributed by atoms with Crippen molar-refractivity contribution in [3.05, 3.63) is 29.3 Å². The summed E-state index contributed by atoms with van der Waals surface area (Å²) in [6, 6.07) is 7.93. The van der Waals surface area contributed by atoms with Crippen molar-refractivity contribution in [2.45, 2.75) is 33.1 Å². The summed E-state index contributed by atoms with van der Waals surface area (Å²) in [7, 11) is 0. The predicted molar refractivity (Wildman–Crippen MR) is 84.0 cm³/mol. The van der Waals surface area contributed by atoms with Crippen LogP contribution in [0.25, 0.3) is 0 Å². The number of anilines is 1. The summed E-state index contributed by atoms with van der Waals surface area (Å²) in [6.07, 6.45) is 3.98. The molecule has 1 heterocycles. The van der Waals surface area contributed by atoms with Gasteiger partial charge in [-0.25, -0.2) is 0 Å². The maximum absolute atomic E-state index is 5.97. The Morgan fingerprint density at radius 2 is 2.05 bits per heavy atom. The molecule has 1 aromatic carbocycles. The molecule has 0 radical (unpaired) electrons. The number of likely N-dealkylation sites (tertiary alicyclic amines) is 1. The Kier molecular flexibility index (Phi) is 5.12. The zero-order chi connectivity index (χ0) is 13.7. The fourth-order valence-corrected chi connectivity index (χ4v) is 2.82. The first-order valence-corrected chi connectivity index (χ1v) is 7.71. The largest absolute Gasteiger partial charge is 0.384 e. The molecular formula is C16H25ClN2. The molecule has 1 aliphatic rings. The summed E-state index contributed by atoms with van der Waals surface area (Å²) >= 11 is 5.97. The van der Waals surface area contributed by atoms with Crippen LogP contribution >= 0.6 is 11.6 Å². The molecule has 1 N–H and O–H groups in total. The molecule has 1 aliphatic heterocycles. The molecule has 19 heavy (non-hydrogen) atoms. The van der Waals surface area contributed by atoms with E-state index in [0.29, 0.717) is 5.41 Å². The molecule has 0 aromatic heterocycles. The quantitative estimate of drug-likeness (QED) is 0.867. The number of halogens is 1. The fraction of sp³-hybridized carbons (Fsp3) is 0.625. The highest BCUT2D eigenvalue weighted by Gasteiger charge is 2.27. The molecule has 0 bridgehead atoms. The molecule has 0 atom stereocenters. The molecule has 0 spiro atoms. The molecule has 0 amide bonds. The van der Waals surface area contributed by atoms with Crippen LogP contribution in [-0.4, -0.2) is 31.1 Å². The minimum atomic E-state index is 0.580. The van der Waals surface area contributed by atoms with Gasteiger partial charge in [0.25, 0.3) is 0 Å². The molecular weight excluding hydrogens is 256 g/mol. The molecule has 0 unspecified atom stereocenters. The average molecular weight is 281 g/mol. The minimum absolute atomic E-state index is 0.580. The van der Waals surface area contributed by atoms with E-state index in [9.17, 15) is 0 Å². The summed E-state index contributed by atoms with van der Waals surface area (Å²) in [5.41, 5.74) is 1.69. The number of rotatable bonds is 5. The van der Waals surface area contributed by atoms with Crippen molar-refractivity contribution in [3.8, 4) is 0 Å². The summed E-state index contributed by atoms with van der Waals surface area (Å²) in [6.45, 7) is 9.32. The highest BCUT2D eigenvalue weighted by molar-refractivity contribution is 6.30. The van der Waals surface area contributed by atoms with E-state index < -0.39 is 0 Å². The second kappa shape index (κ2) is 6.62. The topological polar surface area (TPSA) is 15.3 Å². The normalized spacial score (nSPS) is 19.3. The van der Waals surface area contributed by atoms with Gasteiger partial charge in [0.05, 0.1) is 0 Å². The molecule has 2 nitrogen and oxygen atoms in total. The third-order valence-corrected chi connectivity index (χ3v) is 4.73. The van der Waals surface area contributed by atoms with Gasteiger partial charge < -0.3 is 10.2 Å². The van der Waals surface area contributed by atoms with Crippen molar-refractivity contribution in [3.63, 3.8) is 0 Å². The zero-order valence-electron chi connectivity index (χ0n) is 12.1. The Labute approximate surface area is 122 Å². The third kappa shape index (κ3) is 4.39. The van der Waals surface area contributed by atoms with E-state index in [-0.39, 0.29) is 0 Å². The Morgan fingerprint density at radius 1 is 1.32 bits per heavy atom. The van der Waals surface area contributed by atoms with E-state index in [4.69, 9.17) is 11.6 Å². The summed E-state index contributed by atoms with van der Waals surface area (Å²) in [5.74, 6) is 0. The van der Waals surface area contributed by atoms with E-state index >= 15 is 0 Å². The lowest BCUT2D eigenvalue weighted by molar-refractivity contribution is 0.118. The van der Waals surface area contributed by atoms with Crippen LogP contribution in [0.3, 0.4) is 0 Å². The number of nitrogens with zero attached hydrogens (tertiary/aromatic N) is 1. The smallest absolute Gasteiger partial charge is 0.0426 e. The average Bonchev–Trinajstić information content (AvgIpc) is 2.41. The van der Waals surface area contributed by atoms with Gasteiger partial charge in [0.15, 0.2) is 0 Å². The molecule has 0 saturated carbocycles.